The molecule has 2 aromatic rings. The number of nitrogens with one attached hydrogen (secondary N) is 1. The fourth-order valence-electron chi connectivity index (χ4n) is 2.94. The van der Waals surface area contributed by atoms with Crippen molar-refractivity contribution in [1.29, 1.82) is 0 Å². The third kappa shape index (κ3) is 3.46. The smallest absolute Gasteiger partial charge is 0.0681 e. The van der Waals surface area contributed by atoms with E-state index < -0.39 is 0 Å². The second-order valence-electron chi connectivity index (χ2n) is 5.75. The summed E-state index contributed by atoms with van der Waals surface area (Å²) in [6.07, 6.45) is 2.28. The van der Waals surface area contributed by atoms with Crippen molar-refractivity contribution in [3.63, 3.8) is 0 Å². The molecular weight excluding hydrogens is 282 g/mol. The van der Waals surface area contributed by atoms with Crippen molar-refractivity contribution < 1.29 is 5.11 Å². The Morgan fingerprint density at radius 3 is 2.57 bits per heavy atom. The van der Waals surface area contributed by atoms with Crippen LogP contribution in [0.25, 0.3) is 0 Å². The molecule has 2 aromatic carbocycles. The van der Waals surface area contributed by atoms with Crippen LogP contribution in [-0.4, -0.2) is 11.1 Å². The monoisotopic (exact) mass is 301 g/mol. The molecule has 0 bridgehead atoms. The first-order valence-corrected chi connectivity index (χ1v) is 7.80. The van der Waals surface area contributed by atoms with Crippen LogP contribution >= 0.6 is 11.6 Å². The Morgan fingerprint density at radius 1 is 1.05 bits per heavy atom. The SMILES string of the molecule is OCc1cccc(CNC2CC(c3ccccc3Cl)C2)c1. The number of aliphatic hydroxyl groups is 1. The molecule has 21 heavy (non-hydrogen) atoms. The first-order valence-electron chi connectivity index (χ1n) is 7.42. The summed E-state index contributed by atoms with van der Waals surface area (Å²) in [6.45, 7) is 0.958. The summed E-state index contributed by atoms with van der Waals surface area (Å²) in [6, 6.07) is 16.8. The van der Waals surface area contributed by atoms with Crippen LogP contribution in [0.3, 0.4) is 0 Å². The lowest BCUT2D eigenvalue weighted by atomic mass is 9.76. The van der Waals surface area contributed by atoms with Gasteiger partial charge in [-0.05, 0) is 41.5 Å². The largest absolute Gasteiger partial charge is 0.392 e. The average molecular weight is 302 g/mol. The lowest BCUT2D eigenvalue weighted by molar-refractivity contribution is 0.281. The molecule has 0 saturated heterocycles. The summed E-state index contributed by atoms with van der Waals surface area (Å²) in [7, 11) is 0. The Hall–Kier alpha value is -1.35. The second kappa shape index (κ2) is 6.61. The van der Waals surface area contributed by atoms with Gasteiger partial charge in [-0.3, -0.25) is 0 Å². The number of aliphatic hydroxyl groups excluding tert-OH is 1. The third-order valence-electron chi connectivity index (χ3n) is 4.25. The first-order chi connectivity index (χ1) is 10.3. The zero-order chi connectivity index (χ0) is 14.7. The summed E-state index contributed by atoms with van der Waals surface area (Å²) in [4.78, 5) is 0. The van der Waals surface area contributed by atoms with E-state index in [0.717, 1.165) is 30.0 Å². The molecule has 2 N–H and O–H groups in total. The van der Waals surface area contributed by atoms with Crippen molar-refractivity contribution in [2.45, 2.75) is 38.0 Å². The normalized spacial score (nSPS) is 21.0. The molecule has 110 valence electrons. The highest BCUT2D eigenvalue weighted by atomic mass is 35.5. The number of hydrogen-bond acceptors (Lipinski definition) is 2. The lowest BCUT2D eigenvalue weighted by Crippen LogP contribution is -2.39. The Balaban J connectivity index is 1.50. The Morgan fingerprint density at radius 2 is 1.81 bits per heavy atom. The molecule has 0 aromatic heterocycles. The number of benzene rings is 2. The fourth-order valence-corrected chi connectivity index (χ4v) is 3.23. The van der Waals surface area contributed by atoms with Crippen LogP contribution in [0.5, 0.6) is 0 Å². The van der Waals surface area contributed by atoms with Gasteiger partial charge in [0.05, 0.1) is 6.61 Å². The molecule has 0 radical (unpaired) electrons. The molecule has 1 aliphatic rings. The highest BCUT2D eigenvalue weighted by Gasteiger charge is 2.30. The maximum absolute atomic E-state index is 9.15. The van der Waals surface area contributed by atoms with Crippen LogP contribution in [0.1, 0.15) is 35.4 Å². The fraction of sp³-hybridized carbons (Fsp3) is 0.333. The molecule has 0 spiro atoms. The van der Waals surface area contributed by atoms with Gasteiger partial charge in [-0.1, -0.05) is 54.1 Å². The van der Waals surface area contributed by atoms with E-state index in [1.807, 2.05) is 24.3 Å². The minimum Gasteiger partial charge on any atom is -0.392 e. The van der Waals surface area contributed by atoms with Gasteiger partial charge in [0.25, 0.3) is 0 Å². The summed E-state index contributed by atoms with van der Waals surface area (Å²) in [5.74, 6) is 0.583. The standard InChI is InChI=1S/C18H20ClNO/c19-18-7-2-1-6-17(18)15-9-16(10-15)20-11-13-4-3-5-14(8-13)12-21/h1-8,15-16,20-21H,9-12H2. The molecule has 3 rings (SSSR count). The van der Waals surface area contributed by atoms with Crippen molar-refractivity contribution in [2.75, 3.05) is 0 Å². The van der Waals surface area contributed by atoms with Gasteiger partial charge in [0.15, 0.2) is 0 Å². The van der Waals surface area contributed by atoms with Crippen LogP contribution < -0.4 is 5.32 Å². The van der Waals surface area contributed by atoms with Crippen LogP contribution in [0.2, 0.25) is 5.02 Å². The highest BCUT2D eigenvalue weighted by Crippen LogP contribution is 2.39. The molecule has 0 amide bonds. The number of rotatable bonds is 5. The first kappa shape index (κ1) is 14.6. The van der Waals surface area contributed by atoms with E-state index >= 15 is 0 Å². The molecule has 1 fully saturated rings. The van der Waals surface area contributed by atoms with E-state index in [4.69, 9.17) is 16.7 Å². The molecule has 1 aliphatic carbocycles. The van der Waals surface area contributed by atoms with Crippen molar-refractivity contribution in [3.05, 3.63) is 70.2 Å². The van der Waals surface area contributed by atoms with E-state index in [1.165, 1.54) is 11.1 Å². The maximum atomic E-state index is 9.15. The van der Waals surface area contributed by atoms with Gasteiger partial charge in [0, 0.05) is 17.6 Å². The number of hydrogen-bond donors (Lipinski definition) is 2. The predicted molar refractivity (Wildman–Crippen MR) is 86.4 cm³/mol. The van der Waals surface area contributed by atoms with Gasteiger partial charge in [0.1, 0.15) is 0 Å². The number of halogens is 1. The van der Waals surface area contributed by atoms with Crippen molar-refractivity contribution in [2.24, 2.45) is 0 Å². The molecule has 0 aliphatic heterocycles. The van der Waals surface area contributed by atoms with Crippen LogP contribution in [0.15, 0.2) is 48.5 Å². The van der Waals surface area contributed by atoms with E-state index in [2.05, 4.69) is 29.6 Å². The topological polar surface area (TPSA) is 32.3 Å². The molecule has 0 unspecified atom stereocenters. The van der Waals surface area contributed by atoms with Gasteiger partial charge >= 0.3 is 0 Å². The lowest BCUT2D eigenvalue weighted by Gasteiger charge is -2.37. The molecule has 1 saturated carbocycles. The minimum atomic E-state index is 0.103. The third-order valence-corrected chi connectivity index (χ3v) is 4.60. The van der Waals surface area contributed by atoms with Crippen molar-refractivity contribution >= 4 is 11.6 Å². The highest BCUT2D eigenvalue weighted by molar-refractivity contribution is 6.31. The van der Waals surface area contributed by atoms with Crippen LogP contribution in [0.4, 0.5) is 0 Å². The maximum Gasteiger partial charge on any atom is 0.0681 e. The quantitative estimate of drug-likeness (QED) is 0.879. The van der Waals surface area contributed by atoms with Crippen LogP contribution in [-0.2, 0) is 13.2 Å². The van der Waals surface area contributed by atoms with E-state index in [9.17, 15) is 0 Å². The van der Waals surface area contributed by atoms with E-state index in [0.29, 0.717) is 12.0 Å². The van der Waals surface area contributed by atoms with Gasteiger partial charge in [0.2, 0.25) is 0 Å². The van der Waals surface area contributed by atoms with Gasteiger partial charge in [-0.25, -0.2) is 0 Å². The molecule has 0 atom stereocenters. The summed E-state index contributed by atoms with van der Waals surface area (Å²) in [5.41, 5.74) is 3.47. The molecular formula is C18H20ClNO. The zero-order valence-corrected chi connectivity index (χ0v) is 12.7. The van der Waals surface area contributed by atoms with Gasteiger partial charge in [-0.2, -0.15) is 0 Å². The second-order valence-corrected chi connectivity index (χ2v) is 6.15. The summed E-state index contributed by atoms with van der Waals surface area (Å²) >= 11 is 6.24. The predicted octanol–water partition coefficient (Wildman–Crippen LogP) is 3.87. The zero-order valence-electron chi connectivity index (χ0n) is 11.9. The summed E-state index contributed by atoms with van der Waals surface area (Å²) in [5, 5.41) is 13.6. The molecule has 0 heterocycles. The average Bonchev–Trinajstić information content (AvgIpc) is 2.47. The Labute approximate surface area is 130 Å². The van der Waals surface area contributed by atoms with E-state index in [-0.39, 0.29) is 6.61 Å². The van der Waals surface area contributed by atoms with Crippen LogP contribution in [0, 0.1) is 0 Å². The van der Waals surface area contributed by atoms with Crippen molar-refractivity contribution in [1.82, 2.24) is 5.32 Å². The molecule has 2 nitrogen and oxygen atoms in total. The van der Waals surface area contributed by atoms with Crippen molar-refractivity contribution in [3.8, 4) is 0 Å². The minimum absolute atomic E-state index is 0.103. The molecule has 3 heteroatoms. The summed E-state index contributed by atoms with van der Waals surface area (Å²) < 4.78 is 0. The van der Waals surface area contributed by atoms with Gasteiger partial charge < -0.3 is 10.4 Å². The Bertz CT molecular complexity index is 608. The van der Waals surface area contributed by atoms with Gasteiger partial charge in [-0.15, -0.1) is 0 Å². The van der Waals surface area contributed by atoms with E-state index in [1.54, 1.807) is 0 Å². The Kier molecular flexibility index (Phi) is 4.59.